The molecular formula is C18H22N4OS. The van der Waals surface area contributed by atoms with Gasteiger partial charge in [-0.25, -0.2) is 9.97 Å². The lowest BCUT2D eigenvalue weighted by Gasteiger charge is -2.16. The SMILES string of the molecule is COc1ccc(CN(C)Cc2nc(N)c3c(C)c(C)sc3n2)cc1. The second kappa shape index (κ2) is 6.75. The molecule has 0 unspecified atom stereocenters. The largest absolute Gasteiger partial charge is 0.497 e. The lowest BCUT2D eigenvalue weighted by molar-refractivity contribution is 0.311. The van der Waals surface area contributed by atoms with Crippen molar-refractivity contribution in [3.8, 4) is 5.75 Å². The van der Waals surface area contributed by atoms with Crippen LogP contribution in [0.25, 0.3) is 10.2 Å². The number of nitrogen functional groups attached to an aromatic ring is 1. The van der Waals surface area contributed by atoms with Gasteiger partial charge in [0.25, 0.3) is 0 Å². The molecule has 2 aromatic heterocycles. The van der Waals surface area contributed by atoms with E-state index in [1.165, 1.54) is 16.0 Å². The molecule has 6 heteroatoms. The van der Waals surface area contributed by atoms with Gasteiger partial charge in [-0.2, -0.15) is 0 Å². The van der Waals surface area contributed by atoms with Crippen LogP contribution in [0.3, 0.4) is 0 Å². The fourth-order valence-corrected chi connectivity index (χ4v) is 3.79. The molecule has 0 saturated carbocycles. The van der Waals surface area contributed by atoms with Crippen LogP contribution in [0.1, 0.15) is 21.8 Å². The molecule has 0 fully saturated rings. The molecule has 0 saturated heterocycles. The minimum absolute atomic E-state index is 0.578. The first kappa shape index (κ1) is 16.7. The molecule has 5 nitrogen and oxygen atoms in total. The Morgan fingerprint density at radius 2 is 1.83 bits per heavy atom. The van der Waals surface area contributed by atoms with Gasteiger partial charge >= 0.3 is 0 Å². The van der Waals surface area contributed by atoms with Gasteiger partial charge < -0.3 is 10.5 Å². The quantitative estimate of drug-likeness (QED) is 0.768. The van der Waals surface area contributed by atoms with Crippen molar-refractivity contribution in [1.29, 1.82) is 0 Å². The first-order valence-corrected chi connectivity index (χ1v) is 8.63. The van der Waals surface area contributed by atoms with E-state index in [1.54, 1.807) is 18.4 Å². The van der Waals surface area contributed by atoms with Crippen LogP contribution in [0.2, 0.25) is 0 Å². The zero-order chi connectivity index (χ0) is 17.3. The molecule has 0 aliphatic carbocycles. The van der Waals surface area contributed by atoms with Gasteiger partial charge in [0.15, 0.2) is 0 Å². The fraction of sp³-hybridized carbons (Fsp3) is 0.333. The number of rotatable bonds is 5. The third-order valence-corrected chi connectivity index (χ3v) is 5.23. The van der Waals surface area contributed by atoms with E-state index in [0.717, 1.165) is 28.3 Å². The number of aromatic nitrogens is 2. The lowest BCUT2D eigenvalue weighted by atomic mass is 10.2. The summed E-state index contributed by atoms with van der Waals surface area (Å²) >= 11 is 1.68. The molecule has 0 atom stereocenters. The first-order valence-electron chi connectivity index (χ1n) is 7.81. The van der Waals surface area contributed by atoms with Crippen molar-refractivity contribution in [2.75, 3.05) is 19.9 Å². The number of thiophene rings is 1. The van der Waals surface area contributed by atoms with E-state index in [4.69, 9.17) is 15.5 Å². The minimum atomic E-state index is 0.578. The second-order valence-electron chi connectivity index (χ2n) is 6.01. The smallest absolute Gasteiger partial charge is 0.146 e. The second-order valence-corrected chi connectivity index (χ2v) is 7.21. The summed E-state index contributed by atoms with van der Waals surface area (Å²) in [5.74, 6) is 2.21. The summed E-state index contributed by atoms with van der Waals surface area (Å²) in [5.41, 5.74) is 8.56. The third kappa shape index (κ3) is 3.34. The molecule has 0 amide bonds. The van der Waals surface area contributed by atoms with Crippen molar-refractivity contribution in [2.24, 2.45) is 0 Å². The zero-order valence-corrected chi connectivity index (χ0v) is 15.3. The number of ether oxygens (including phenoxy) is 1. The summed E-state index contributed by atoms with van der Waals surface area (Å²) in [6, 6.07) is 8.08. The van der Waals surface area contributed by atoms with Crippen LogP contribution in [0.15, 0.2) is 24.3 Å². The van der Waals surface area contributed by atoms with E-state index < -0.39 is 0 Å². The molecular weight excluding hydrogens is 320 g/mol. The summed E-state index contributed by atoms with van der Waals surface area (Å²) in [6.45, 7) is 5.63. The molecule has 2 heterocycles. The van der Waals surface area contributed by atoms with E-state index in [0.29, 0.717) is 12.4 Å². The third-order valence-electron chi connectivity index (χ3n) is 4.13. The molecule has 0 bridgehead atoms. The van der Waals surface area contributed by atoms with Crippen molar-refractivity contribution in [3.05, 3.63) is 46.1 Å². The molecule has 126 valence electrons. The Labute approximate surface area is 146 Å². The Kier molecular flexibility index (Phi) is 4.69. The Morgan fingerprint density at radius 3 is 2.50 bits per heavy atom. The van der Waals surface area contributed by atoms with E-state index >= 15 is 0 Å². The number of hydrogen-bond acceptors (Lipinski definition) is 6. The number of nitrogens with zero attached hydrogens (tertiary/aromatic N) is 3. The predicted octanol–water partition coefficient (Wildman–Crippen LogP) is 3.53. The molecule has 3 aromatic rings. The fourth-order valence-electron chi connectivity index (χ4n) is 2.74. The maximum atomic E-state index is 6.15. The number of benzene rings is 1. The predicted molar refractivity (Wildman–Crippen MR) is 99.5 cm³/mol. The van der Waals surface area contributed by atoms with Gasteiger partial charge in [-0.05, 0) is 44.2 Å². The van der Waals surface area contributed by atoms with E-state index in [-0.39, 0.29) is 0 Å². The summed E-state index contributed by atoms with van der Waals surface area (Å²) < 4.78 is 5.19. The molecule has 0 radical (unpaired) electrons. The van der Waals surface area contributed by atoms with Crippen molar-refractivity contribution in [3.63, 3.8) is 0 Å². The highest BCUT2D eigenvalue weighted by Gasteiger charge is 2.13. The summed E-state index contributed by atoms with van der Waals surface area (Å²) in [5, 5.41) is 0.999. The highest BCUT2D eigenvalue weighted by atomic mass is 32.1. The lowest BCUT2D eigenvalue weighted by Crippen LogP contribution is -2.19. The van der Waals surface area contributed by atoms with Crippen molar-refractivity contribution >= 4 is 27.4 Å². The van der Waals surface area contributed by atoms with Gasteiger partial charge in [0.2, 0.25) is 0 Å². The normalized spacial score (nSPS) is 11.4. The molecule has 24 heavy (non-hydrogen) atoms. The van der Waals surface area contributed by atoms with E-state index in [1.807, 2.05) is 12.1 Å². The minimum Gasteiger partial charge on any atom is -0.497 e. The maximum Gasteiger partial charge on any atom is 0.146 e. The van der Waals surface area contributed by atoms with Gasteiger partial charge in [0, 0.05) is 11.4 Å². The molecule has 1 aromatic carbocycles. The standard InChI is InChI=1S/C18H22N4OS/c1-11-12(2)24-18-16(11)17(19)20-15(21-18)10-22(3)9-13-5-7-14(23-4)8-6-13/h5-8H,9-10H2,1-4H3,(H2,19,20,21). The van der Waals surface area contributed by atoms with Crippen LogP contribution in [0.4, 0.5) is 5.82 Å². The number of aryl methyl sites for hydroxylation is 2. The highest BCUT2D eigenvalue weighted by Crippen LogP contribution is 2.31. The van der Waals surface area contributed by atoms with Crippen molar-refractivity contribution < 1.29 is 4.74 Å². The van der Waals surface area contributed by atoms with Crippen molar-refractivity contribution in [2.45, 2.75) is 26.9 Å². The van der Waals surface area contributed by atoms with Crippen LogP contribution in [-0.4, -0.2) is 29.0 Å². The van der Waals surface area contributed by atoms with Crippen LogP contribution in [-0.2, 0) is 13.1 Å². The van der Waals surface area contributed by atoms with Crippen LogP contribution >= 0.6 is 11.3 Å². The van der Waals surface area contributed by atoms with E-state index in [9.17, 15) is 0 Å². The molecule has 0 aliphatic rings. The Hall–Kier alpha value is -2.18. The number of fused-ring (bicyclic) bond motifs is 1. The number of methoxy groups -OCH3 is 1. The molecule has 3 rings (SSSR count). The Balaban J connectivity index is 1.76. The number of anilines is 1. The Bertz CT molecular complexity index is 858. The summed E-state index contributed by atoms with van der Waals surface area (Å²) in [7, 11) is 3.73. The zero-order valence-electron chi connectivity index (χ0n) is 14.5. The van der Waals surface area contributed by atoms with Crippen molar-refractivity contribution in [1.82, 2.24) is 14.9 Å². The van der Waals surface area contributed by atoms with Crippen LogP contribution < -0.4 is 10.5 Å². The average Bonchev–Trinajstić information content (AvgIpc) is 2.82. The molecule has 0 aliphatic heterocycles. The van der Waals surface area contributed by atoms with Gasteiger partial charge in [-0.1, -0.05) is 12.1 Å². The summed E-state index contributed by atoms with van der Waals surface area (Å²) in [6.07, 6.45) is 0. The number of nitrogens with two attached hydrogens (primary N) is 1. The summed E-state index contributed by atoms with van der Waals surface area (Å²) in [4.78, 5) is 13.6. The molecule has 0 spiro atoms. The van der Waals surface area contributed by atoms with Gasteiger partial charge in [0.05, 0.1) is 19.0 Å². The Morgan fingerprint density at radius 1 is 1.12 bits per heavy atom. The average molecular weight is 342 g/mol. The highest BCUT2D eigenvalue weighted by molar-refractivity contribution is 7.18. The monoisotopic (exact) mass is 342 g/mol. The van der Waals surface area contributed by atoms with E-state index in [2.05, 4.69) is 42.9 Å². The van der Waals surface area contributed by atoms with Crippen LogP contribution in [0, 0.1) is 13.8 Å². The molecule has 2 N–H and O–H groups in total. The number of hydrogen-bond donors (Lipinski definition) is 1. The van der Waals surface area contributed by atoms with Gasteiger partial charge in [-0.15, -0.1) is 11.3 Å². The topological polar surface area (TPSA) is 64.3 Å². The van der Waals surface area contributed by atoms with Gasteiger partial charge in [0.1, 0.15) is 22.2 Å². The van der Waals surface area contributed by atoms with Crippen LogP contribution in [0.5, 0.6) is 5.75 Å². The maximum absolute atomic E-state index is 6.15. The van der Waals surface area contributed by atoms with Gasteiger partial charge in [-0.3, -0.25) is 4.90 Å². The first-order chi connectivity index (χ1) is 11.5.